The minimum absolute atomic E-state index is 0.107. The van der Waals surface area contributed by atoms with E-state index in [4.69, 9.17) is 0 Å². The van der Waals surface area contributed by atoms with Gasteiger partial charge in [-0.1, -0.05) is 57.9 Å². The van der Waals surface area contributed by atoms with Gasteiger partial charge >= 0.3 is 0 Å². The van der Waals surface area contributed by atoms with E-state index in [1.165, 1.54) is 5.57 Å². The highest BCUT2D eigenvalue weighted by Crippen LogP contribution is 2.61. The van der Waals surface area contributed by atoms with E-state index in [0.717, 1.165) is 25.7 Å². The van der Waals surface area contributed by atoms with Crippen LogP contribution in [0.1, 0.15) is 46.5 Å². The van der Waals surface area contributed by atoms with E-state index in [1.54, 1.807) is 0 Å². The largest absolute Gasteiger partial charge is 0.389 e. The molecule has 2 rings (SSSR count). The van der Waals surface area contributed by atoms with E-state index in [-0.39, 0.29) is 10.8 Å². The maximum Gasteiger partial charge on any atom is 0.0726 e. The minimum atomic E-state index is -0.642. The van der Waals surface area contributed by atoms with Gasteiger partial charge in [-0.15, -0.1) is 0 Å². The van der Waals surface area contributed by atoms with E-state index in [2.05, 4.69) is 57.9 Å². The Labute approximate surface area is 127 Å². The molecule has 0 aromatic rings. The van der Waals surface area contributed by atoms with Crippen molar-refractivity contribution in [2.45, 2.75) is 56.9 Å². The van der Waals surface area contributed by atoms with Gasteiger partial charge in [0.1, 0.15) is 0 Å². The van der Waals surface area contributed by atoms with Crippen LogP contribution in [0.15, 0.2) is 22.7 Å². The lowest BCUT2D eigenvalue weighted by Gasteiger charge is -2.59. The summed E-state index contributed by atoms with van der Waals surface area (Å²) in [5.74, 6) is 0. The zero-order valence-corrected chi connectivity index (χ0v) is 14.5. The maximum absolute atomic E-state index is 11.0. The molecule has 1 fully saturated rings. The number of aliphatic hydroxyl groups is 1. The molecule has 3 heteroatoms. The van der Waals surface area contributed by atoms with E-state index < -0.39 is 5.60 Å². The van der Waals surface area contributed by atoms with Gasteiger partial charge in [-0.25, -0.2) is 0 Å². The Morgan fingerprint density at radius 2 is 2.00 bits per heavy atom. The van der Waals surface area contributed by atoms with E-state index in [9.17, 15) is 5.11 Å². The molecule has 0 aromatic carbocycles. The monoisotopic (exact) mass is 376 g/mol. The van der Waals surface area contributed by atoms with Gasteiger partial charge in [-0.05, 0) is 48.6 Å². The first-order valence-corrected chi connectivity index (χ1v) is 8.42. The summed E-state index contributed by atoms with van der Waals surface area (Å²) in [4.78, 5) is 2.41. The molecule has 2 aliphatic rings. The summed E-state index contributed by atoms with van der Waals surface area (Å²) in [6.07, 6.45) is 8.45. The first kappa shape index (κ1) is 14.8. The molecular weight excluding hydrogens is 356 g/mol. The summed E-state index contributed by atoms with van der Waals surface area (Å²) < 4.78 is 0. The molecule has 0 heterocycles. The lowest BCUT2D eigenvalue weighted by Crippen LogP contribution is -2.59. The number of hydrogen-bond donors (Lipinski definition) is 1. The van der Waals surface area contributed by atoms with Gasteiger partial charge < -0.3 is 5.11 Å². The summed E-state index contributed by atoms with van der Waals surface area (Å²) in [7, 11) is 0. The second-order valence-electron chi connectivity index (χ2n) is 6.65. The van der Waals surface area contributed by atoms with Crippen LogP contribution in [-0.2, 0) is 0 Å². The first-order chi connectivity index (χ1) is 8.24. The van der Waals surface area contributed by atoms with Crippen molar-refractivity contribution >= 4 is 31.9 Å². The summed E-state index contributed by atoms with van der Waals surface area (Å²) >= 11 is 7.12. The molecule has 0 aromatic heterocycles. The number of rotatable bonds is 0. The fourth-order valence-corrected chi connectivity index (χ4v) is 5.83. The van der Waals surface area contributed by atoms with Crippen molar-refractivity contribution in [3.63, 3.8) is 0 Å². The minimum Gasteiger partial charge on any atom is -0.389 e. The third-order valence-corrected chi connectivity index (χ3v) is 6.29. The Morgan fingerprint density at radius 3 is 2.44 bits per heavy atom. The fourth-order valence-electron chi connectivity index (χ4n) is 4.01. The van der Waals surface area contributed by atoms with Crippen molar-refractivity contribution in [1.29, 1.82) is 0 Å². The predicted octanol–water partition coefficient (Wildman–Crippen LogP) is 4.94. The van der Waals surface area contributed by atoms with Crippen LogP contribution in [0.5, 0.6) is 0 Å². The molecule has 0 aliphatic heterocycles. The van der Waals surface area contributed by atoms with Crippen molar-refractivity contribution in [1.82, 2.24) is 0 Å². The third-order valence-electron chi connectivity index (χ3n) is 5.05. The van der Waals surface area contributed by atoms with Crippen LogP contribution in [0.3, 0.4) is 0 Å². The number of halogens is 2. The van der Waals surface area contributed by atoms with Crippen LogP contribution in [-0.4, -0.2) is 15.5 Å². The number of hydrogen-bond acceptors (Lipinski definition) is 1. The molecule has 102 valence electrons. The lowest BCUT2D eigenvalue weighted by molar-refractivity contribution is -0.140. The molecule has 1 N–H and O–H groups in total. The van der Waals surface area contributed by atoms with Crippen LogP contribution < -0.4 is 0 Å². The predicted molar refractivity (Wildman–Crippen MR) is 84.2 cm³/mol. The molecular formula is C15H22Br2O. The van der Waals surface area contributed by atoms with Crippen molar-refractivity contribution < 1.29 is 5.11 Å². The normalized spacial score (nSPS) is 45.7. The Bertz CT molecular complexity index is 375. The van der Waals surface area contributed by atoms with Gasteiger partial charge in [0.25, 0.3) is 0 Å². The summed E-state index contributed by atoms with van der Waals surface area (Å²) in [6.45, 7) is 6.60. The smallest absolute Gasteiger partial charge is 0.0726 e. The highest BCUT2D eigenvalue weighted by molar-refractivity contribution is 9.11. The van der Waals surface area contributed by atoms with Gasteiger partial charge in [0.2, 0.25) is 0 Å². The Hall–Kier alpha value is 0.400. The van der Waals surface area contributed by atoms with Gasteiger partial charge in [-0.2, -0.15) is 0 Å². The molecule has 1 spiro atoms. The van der Waals surface area contributed by atoms with Gasteiger partial charge in [0.15, 0.2) is 0 Å². The maximum atomic E-state index is 11.0. The van der Waals surface area contributed by atoms with E-state index in [0.29, 0.717) is 4.83 Å². The average Bonchev–Trinajstić information content (AvgIpc) is 2.25. The fraction of sp³-hybridized carbons (Fsp3) is 0.733. The standard InChI is InChI=1S/C15H22Br2O/c1-13(2)8-12(17)9-14(3,18)15(13)6-4-11(10-16)5-7-15/h4,6,10,12,18H,5,7-9H2,1-3H3. The Kier molecular flexibility index (Phi) is 3.90. The van der Waals surface area contributed by atoms with Crippen LogP contribution in [0.2, 0.25) is 0 Å². The molecule has 2 aliphatic carbocycles. The third kappa shape index (κ3) is 2.16. The second kappa shape index (κ2) is 4.75. The number of alkyl halides is 1. The van der Waals surface area contributed by atoms with Crippen LogP contribution in [0.4, 0.5) is 0 Å². The van der Waals surface area contributed by atoms with Crippen LogP contribution in [0.25, 0.3) is 0 Å². The molecule has 0 radical (unpaired) electrons. The highest BCUT2D eigenvalue weighted by atomic mass is 79.9. The first-order valence-electron chi connectivity index (χ1n) is 6.59. The molecule has 1 saturated carbocycles. The Balaban J connectivity index is 2.46. The molecule has 1 nitrogen and oxygen atoms in total. The summed E-state index contributed by atoms with van der Waals surface area (Å²) in [5, 5.41) is 11.0. The van der Waals surface area contributed by atoms with Crippen molar-refractivity contribution in [2.75, 3.05) is 0 Å². The van der Waals surface area contributed by atoms with E-state index in [1.807, 2.05) is 11.9 Å². The molecule has 3 atom stereocenters. The van der Waals surface area contributed by atoms with Gasteiger partial charge in [0.05, 0.1) is 5.60 Å². The van der Waals surface area contributed by atoms with Crippen molar-refractivity contribution in [3.05, 3.63) is 22.7 Å². The average molecular weight is 378 g/mol. The molecule has 0 bridgehead atoms. The summed E-state index contributed by atoms with van der Waals surface area (Å²) in [5.41, 5.74) is 0.673. The van der Waals surface area contributed by atoms with Crippen LogP contribution >= 0.6 is 31.9 Å². The van der Waals surface area contributed by atoms with Gasteiger partial charge in [-0.3, -0.25) is 0 Å². The quantitative estimate of drug-likeness (QED) is 0.593. The van der Waals surface area contributed by atoms with Crippen molar-refractivity contribution in [3.8, 4) is 0 Å². The van der Waals surface area contributed by atoms with Crippen LogP contribution in [0, 0.1) is 10.8 Å². The second-order valence-corrected chi connectivity index (χ2v) is 8.40. The summed E-state index contributed by atoms with van der Waals surface area (Å²) in [6, 6.07) is 0. The Morgan fingerprint density at radius 1 is 1.33 bits per heavy atom. The molecule has 0 amide bonds. The van der Waals surface area contributed by atoms with E-state index >= 15 is 0 Å². The molecule has 0 saturated heterocycles. The number of allylic oxidation sites excluding steroid dienone is 2. The van der Waals surface area contributed by atoms with Crippen molar-refractivity contribution in [2.24, 2.45) is 10.8 Å². The lowest BCUT2D eigenvalue weighted by atomic mass is 9.48. The SMILES string of the molecule is CC1(C)CC(Br)CC(C)(O)C12C=CC(=CBr)CC2. The highest BCUT2D eigenvalue weighted by Gasteiger charge is 2.58. The topological polar surface area (TPSA) is 20.2 Å². The molecule has 18 heavy (non-hydrogen) atoms. The zero-order chi connectivity index (χ0) is 13.6. The molecule has 3 unspecified atom stereocenters. The van der Waals surface area contributed by atoms with Gasteiger partial charge in [0, 0.05) is 10.2 Å². The zero-order valence-electron chi connectivity index (χ0n) is 11.3.